The van der Waals surface area contributed by atoms with Crippen LogP contribution in [-0.2, 0) is 4.79 Å². The van der Waals surface area contributed by atoms with Gasteiger partial charge in [-0.15, -0.1) is 0 Å². The average molecular weight is 131 g/mol. The summed E-state index contributed by atoms with van der Waals surface area (Å²) >= 11 is 0. The second-order valence-corrected chi connectivity index (χ2v) is 2.05. The van der Waals surface area contributed by atoms with E-state index in [0.29, 0.717) is 6.54 Å². The molecule has 0 aliphatic rings. The van der Waals surface area contributed by atoms with Gasteiger partial charge in [-0.3, -0.25) is 4.79 Å². The molecule has 0 saturated heterocycles. The van der Waals surface area contributed by atoms with Gasteiger partial charge in [-0.1, -0.05) is 13.8 Å². The van der Waals surface area contributed by atoms with Gasteiger partial charge in [-0.05, 0) is 6.54 Å². The van der Waals surface area contributed by atoms with E-state index in [2.05, 4.69) is 5.32 Å². The zero-order valence-electron chi connectivity index (χ0n) is 5.85. The Hall–Kier alpha value is -0.570. The van der Waals surface area contributed by atoms with E-state index in [1.165, 1.54) is 0 Å². The molecule has 0 aromatic carbocycles. The van der Waals surface area contributed by atoms with Gasteiger partial charge in [0.05, 0.1) is 5.92 Å². The number of hydrogen-bond donors (Lipinski definition) is 2. The van der Waals surface area contributed by atoms with E-state index in [9.17, 15) is 4.79 Å². The van der Waals surface area contributed by atoms with Crippen LogP contribution in [0.25, 0.3) is 0 Å². The van der Waals surface area contributed by atoms with E-state index < -0.39 is 5.97 Å². The highest BCUT2D eigenvalue weighted by molar-refractivity contribution is 5.69. The van der Waals surface area contributed by atoms with E-state index in [0.717, 1.165) is 6.54 Å². The van der Waals surface area contributed by atoms with E-state index in [-0.39, 0.29) is 5.92 Å². The lowest BCUT2D eigenvalue weighted by Crippen LogP contribution is -2.25. The van der Waals surface area contributed by atoms with Crippen molar-refractivity contribution in [2.45, 2.75) is 13.8 Å². The van der Waals surface area contributed by atoms with Gasteiger partial charge in [0, 0.05) is 6.54 Å². The van der Waals surface area contributed by atoms with Crippen LogP contribution in [-0.4, -0.2) is 24.2 Å². The number of aliphatic carboxylic acids is 1. The van der Waals surface area contributed by atoms with Crippen LogP contribution >= 0.6 is 0 Å². The minimum Gasteiger partial charge on any atom is -0.481 e. The Bertz CT molecular complexity index is 93.1. The molecule has 0 aliphatic heterocycles. The molecule has 0 rings (SSSR count). The highest BCUT2D eigenvalue weighted by atomic mass is 16.4. The molecule has 0 spiro atoms. The van der Waals surface area contributed by atoms with Crippen molar-refractivity contribution in [1.29, 1.82) is 0 Å². The van der Waals surface area contributed by atoms with Crippen molar-refractivity contribution in [2.75, 3.05) is 13.1 Å². The largest absolute Gasteiger partial charge is 0.481 e. The quantitative estimate of drug-likeness (QED) is 0.577. The summed E-state index contributed by atoms with van der Waals surface area (Å²) in [6.45, 7) is 5.03. The molecule has 1 atom stereocenters. The highest BCUT2D eigenvalue weighted by Gasteiger charge is 2.07. The van der Waals surface area contributed by atoms with E-state index in [1.54, 1.807) is 6.92 Å². The first-order chi connectivity index (χ1) is 4.18. The first-order valence-corrected chi connectivity index (χ1v) is 3.12. The van der Waals surface area contributed by atoms with Crippen LogP contribution < -0.4 is 5.32 Å². The molecule has 0 aromatic heterocycles. The van der Waals surface area contributed by atoms with Gasteiger partial charge in [0.1, 0.15) is 0 Å². The van der Waals surface area contributed by atoms with E-state index >= 15 is 0 Å². The second kappa shape index (κ2) is 4.32. The van der Waals surface area contributed by atoms with Crippen molar-refractivity contribution in [1.82, 2.24) is 5.32 Å². The van der Waals surface area contributed by atoms with Crippen molar-refractivity contribution in [3.05, 3.63) is 0 Å². The lowest BCUT2D eigenvalue weighted by molar-refractivity contribution is -0.140. The van der Waals surface area contributed by atoms with Gasteiger partial charge in [0.15, 0.2) is 0 Å². The monoisotopic (exact) mass is 131 g/mol. The normalized spacial score (nSPS) is 13.1. The van der Waals surface area contributed by atoms with Crippen molar-refractivity contribution in [3.8, 4) is 0 Å². The third kappa shape index (κ3) is 3.97. The van der Waals surface area contributed by atoms with Crippen molar-refractivity contribution in [3.63, 3.8) is 0 Å². The fourth-order valence-corrected chi connectivity index (χ4v) is 0.448. The van der Waals surface area contributed by atoms with Crippen molar-refractivity contribution < 1.29 is 9.90 Å². The number of hydrogen-bond acceptors (Lipinski definition) is 2. The summed E-state index contributed by atoms with van der Waals surface area (Å²) < 4.78 is 0. The summed E-state index contributed by atoms with van der Waals surface area (Å²) in [5, 5.41) is 11.3. The number of nitrogens with one attached hydrogen (secondary N) is 1. The van der Waals surface area contributed by atoms with Gasteiger partial charge >= 0.3 is 5.97 Å². The van der Waals surface area contributed by atoms with Gasteiger partial charge in [-0.2, -0.15) is 0 Å². The van der Waals surface area contributed by atoms with Crippen LogP contribution in [0.5, 0.6) is 0 Å². The van der Waals surface area contributed by atoms with Crippen molar-refractivity contribution in [2.24, 2.45) is 5.92 Å². The Morgan fingerprint density at radius 2 is 2.33 bits per heavy atom. The lowest BCUT2D eigenvalue weighted by Gasteiger charge is -2.04. The Labute approximate surface area is 55.1 Å². The standard InChI is InChI=1S/C6H13NO2/c1-3-7-4-5(2)6(8)9/h5,7H,3-4H2,1-2H3,(H,8,9)/t5-/m1/s1. The molecule has 0 bridgehead atoms. The molecule has 3 nitrogen and oxygen atoms in total. The van der Waals surface area contributed by atoms with Gasteiger partial charge in [-0.25, -0.2) is 0 Å². The Balaban J connectivity index is 3.27. The van der Waals surface area contributed by atoms with E-state index in [4.69, 9.17) is 5.11 Å². The molecular formula is C6H13NO2. The smallest absolute Gasteiger partial charge is 0.307 e. The fourth-order valence-electron chi connectivity index (χ4n) is 0.448. The summed E-state index contributed by atoms with van der Waals surface area (Å²) in [6, 6.07) is 0. The minimum atomic E-state index is -0.740. The Morgan fingerprint density at radius 3 is 2.67 bits per heavy atom. The topological polar surface area (TPSA) is 49.3 Å². The minimum absolute atomic E-state index is 0.273. The number of carbonyl (C=O) groups is 1. The SMILES string of the molecule is CCNC[C@@H](C)C(=O)O. The zero-order valence-corrected chi connectivity index (χ0v) is 5.85. The molecule has 0 heterocycles. The zero-order chi connectivity index (χ0) is 7.28. The van der Waals surface area contributed by atoms with Crippen LogP contribution in [0, 0.1) is 5.92 Å². The summed E-state index contributed by atoms with van der Waals surface area (Å²) in [5.74, 6) is -1.01. The molecule has 9 heavy (non-hydrogen) atoms. The molecule has 3 heteroatoms. The number of rotatable bonds is 4. The predicted molar refractivity (Wildman–Crippen MR) is 35.3 cm³/mol. The molecule has 0 radical (unpaired) electrons. The molecule has 0 unspecified atom stereocenters. The Kier molecular flexibility index (Phi) is 4.05. The molecule has 0 aliphatic carbocycles. The number of carboxylic acid groups (broad SMARTS) is 1. The summed E-state index contributed by atoms with van der Waals surface area (Å²) in [4.78, 5) is 10.2. The van der Waals surface area contributed by atoms with E-state index in [1.807, 2.05) is 6.92 Å². The summed E-state index contributed by atoms with van der Waals surface area (Å²) in [7, 11) is 0. The second-order valence-electron chi connectivity index (χ2n) is 2.05. The first kappa shape index (κ1) is 8.43. The van der Waals surface area contributed by atoms with Crippen LogP contribution in [0.4, 0.5) is 0 Å². The fraction of sp³-hybridized carbons (Fsp3) is 0.833. The van der Waals surface area contributed by atoms with Gasteiger partial charge in [0.25, 0.3) is 0 Å². The molecule has 54 valence electrons. The maximum absolute atomic E-state index is 10.2. The predicted octanol–water partition coefficient (Wildman–Crippen LogP) is 0.317. The van der Waals surface area contributed by atoms with Crippen LogP contribution in [0.15, 0.2) is 0 Å². The van der Waals surface area contributed by atoms with Crippen LogP contribution in [0.1, 0.15) is 13.8 Å². The number of carboxylic acids is 1. The third-order valence-corrected chi connectivity index (χ3v) is 1.12. The molecule has 0 amide bonds. The van der Waals surface area contributed by atoms with Crippen LogP contribution in [0.3, 0.4) is 0 Å². The molecule has 0 aromatic rings. The van der Waals surface area contributed by atoms with Gasteiger partial charge < -0.3 is 10.4 Å². The molecule has 2 N–H and O–H groups in total. The first-order valence-electron chi connectivity index (χ1n) is 3.12. The average Bonchev–Trinajstić information content (AvgIpc) is 1.82. The molecule has 0 saturated carbocycles. The summed E-state index contributed by atoms with van der Waals surface area (Å²) in [5.41, 5.74) is 0. The summed E-state index contributed by atoms with van der Waals surface area (Å²) in [6.07, 6.45) is 0. The van der Waals surface area contributed by atoms with Gasteiger partial charge in [0.2, 0.25) is 0 Å². The highest BCUT2D eigenvalue weighted by Crippen LogP contribution is 1.89. The maximum Gasteiger partial charge on any atom is 0.307 e. The molecule has 0 fully saturated rings. The molecular weight excluding hydrogens is 118 g/mol. The van der Waals surface area contributed by atoms with Crippen molar-refractivity contribution >= 4 is 5.97 Å². The third-order valence-electron chi connectivity index (χ3n) is 1.12. The Morgan fingerprint density at radius 1 is 1.78 bits per heavy atom. The lowest BCUT2D eigenvalue weighted by atomic mass is 10.2. The maximum atomic E-state index is 10.2. The van der Waals surface area contributed by atoms with Crippen LogP contribution in [0.2, 0.25) is 0 Å².